The maximum Gasteiger partial charge on any atom is 0.320 e. The molecular formula is C8H13NO2S. The van der Waals surface area contributed by atoms with E-state index in [1.807, 2.05) is 11.8 Å². The minimum atomic E-state index is -0.686. The Morgan fingerprint density at radius 1 is 1.58 bits per heavy atom. The molecule has 2 heterocycles. The van der Waals surface area contributed by atoms with E-state index in [1.54, 1.807) is 0 Å². The summed E-state index contributed by atoms with van der Waals surface area (Å²) in [4.78, 5) is 10.7. The maximum absolute atomic E-state index is 10.7. The fourth-order valence-electron chi connectivity index (χ4n) is 2.05. The number of aliphatic carboxylic acids is 1. The monoisotopic (exact) mass is 187 g/mol. The first-order valence-corrected chi connectivity index (χ1v) is 5.49. The zero-order valence-corrected chi connectivity index (χ0v) is 7.64. The number of rotatable bonds is 1. The summed E-state index contributed by atoms with van der Waals surface area (Å²) in [5.41, 5.74) is 0. The Morgan fingerprint density at radius 3 is 3.08 bits per heavy atom. The Morgan fingerprint density at radius 2 is 2.42 bits per heavy atom. The lowest BCUT2D eigenvalue weighted by atomic mass is 9.97. The van der Waals surface area contributed by atoms with Gasteiger partial charge < -0.3 is 10.4 Å². The molecule has 0 aromatic carbocycles. The van der Waals surface area contributed by atoms with E-state index in [4.69, 9.17) is 5.11 Å². The van der Waals surface area contributed by atoms with Crippen molar-refractivity contribution in [3.8, 4) is 0 Å². The average Bonchev–Trinajstić information content (AvgIpc) is 2.46. The predicted octanol–water partition coefficient (Wildman–Crippen LogP) is 0.555. The van der Waals surface area contributed by atoms with Crippen LogP contribution in [-0.2, 0) is 4.79 Å². The third-order valence-electron chi connectivity index (χ3n) is 2.75. The summed E-state index contributed by atoms with van der Waals surface area (Å²) in [5, 5.41) is 12.0. The molecule has 3 nitrogen and oxygen atoms in total. The summed E-state index contributed by atoms with van der Waals surface area (Å²) in [6.45, 7) is 0. The van der Waals surface area contributed by atoms with E-state index in [0.717, 1.165) is 12.2 Å². The molecule has 68 valence electrons. The van der Waals surface area contributed by atoms with Crippen molar-refractivity contribution in [3.05, 3.63) is 0 Å². The highest BCUT2D eigenvalue weighted by Crippen LogP contribution is 2.31. The molecule has 3 unspecified atom stereocenters. The van der Waals surface area contributed by atoms with Crippen LogP contribution in [0.2, 0.25) is 0 Å². The highest BCUT2D eigenvalue weighted by Gasteiger charge is 2.38. The fourth-order valence-corrected chi connectivity index (χ4v) is 3.31. The van der Waals surface area contributed by atoms with E-state index in [-0.39, 0.29) is 6.04 Å². The molecule has 0 radical (unpaired) electrons. The first-order chi connectivity index (χ1) is 5.77. The van der Waals surface area contributed by atoms with Crippen LogP contribution in [-0.4, -0.2) is 34.7 Å². The summed E-state index contributed by atoms with van der Waals surface area (Å²) < 4.78 is 0. The van der Waals surface area contributed by atoms with Crippen molar-refractivity contribution in [2.45, 2.75) is 24.9 Å². The van der Waals surface area contributed by atoms with Gasteiger partial charge in [0.25, 0.3) is 0 Å². The van der Waals surface area contributed by atoms with Crippen LogP contribution >= 0.6 is 11.8 Å². The molecule has 0 aromatic heterocycles. The van der Waals surface area contributed by atoms with Crippen molar-refractivity contribution in [1.82, 2.24) is 5.32 Å². The zero-order chi connectivity index (χ0) is 8.55. The van der Waals surface area contributed by atoms with Crippen molar-refractivity contribution in [2.75, 3.05) is 11.5 Å². The van der Waals surface area contributed by atoms with E-state index in [9.17, 15) is 4.79 Å². The van der Waals surface area contributed by atoms with Gasteiger partial charge in [0.15, 0.2) is 0 Å². The second-order valence-corrected chi connectivity index (χ2v) is 4.67. The molecule has 0 saturated carbocycles. The van der Waals surface area contributed by atoms with Gasteiger partial charge in [0.2, 0.25) is 0 Å². The van der Waals surface area contributed by atoms with Crippen LogP contribution in [0.15, 0.2) is 0 Å². The third-order valence-corrected chi connectivity index (χ3v) is 3.87. The molecule has 2 aliphatic heterocycles. The van der Waals surface area contributed by atoms with Gasteiger partial charge in [0.1, 0.15) is 6.04 Å². The Balaban J connectivity index is 1.98. The Bertz CT molecular complexity index is 183. The number of nitrogens with one attached hydrogen (secondary N) is 1. The lowest BCUT2D eigenvalue weighted by Gasteiger charge is -2.23. The molecule has 0 aliphatic carbocycles. The van der Waals surface area contributed by atoms with Gasteiger partial charge in [-0.25, -0.2) is 0 Å². The molecule has 4 heteroatoms. The lowest BCUT2D eigenvalue weighted by molar-refractivity contribution is -0.139. The molecule has 3 atom stereocenters. The van der Waals surface area contributed by atoms with E-state index >= 15 is 0 Å². The van der Waals surface area contributed by atoms with E-state index in [0.29, 0.717) is 12.0 Å². The quantitative estimate of drug-likeness (QED) is 0.629. The van der Waals surface area contributed by atoms with Gasteiger partial charge in [-0.15, -0.1) is 0 Å². The first kappa shape index (κ1) is 8.38. The number of thioether (sulfide) groups is 1. The van der Waals surface area contributed by atoms with Crippen LogP contribution in [0.25, 0.3) is 0 Å². The van der Waals surface area contributed by atoms with Crippen molar-refractivity contribution >= 4 is 17.7 Å². The maximum atomic E-state index is 10.7. The smallest absolute Gasteiger partial charge is 0.320 e. The van der Waals surface area contributed by atoms with E-state index in [1.165, 1.54) is 12.2 Å². The molecule has 2 saturated heterocycles. The topological polar surface area (TPSA) is 49.3 Å². The van der Waals surface area contributed by atoms with E-state index < -0.39 is 5.97 Å². The normalized spacial score (nSPS) is 40.8. The van der Waals surface area contributed by atoms with Crippen LogP contribution in [0.1, 0.15) is 12.8 Å². The number of fused-ring (bicyclic) bond motifs is 1. The summed E-state index contributed by atoms with van der Waals surface area (Å²) in [5.74, 6) is 2.23. The van der Waals surface area contributed by atoms with Crippen molar-refractivity contribution in [3.63, 3.8) is 0 Å². The molecule has 2 fully saturated rings. The second kappa shape index (κ2) is 3.26. The summed E-state index contributed by atoms with van der Waals surface area (Å²) >= 11 is 1.93. The van der Waals surface area contributed by atoms with Crippen LogP contribution in [0, 0.1) is 5.92 Å². The molecule has 0 spiro atoms. The summed E-state index contributed by atoms with van der Waals surface area (Å²) in [6, 6.07) is 0.184. The summed E-state index contributed by atoms with van der Waals surface area (Å²) in [7, 11) is 0. The van der Waals surface area contributed by atoms with Gasteiger partial charge in [-0.1, -0.05) is 0 Å². The van der Waals surface area contributed by atoms with Gasteiger partial charge in [-0.3, -0.25) is 4.79 Å². The Hall–Kier alpha value is -0.220. The van der Waals surface area contributed by atoms with E-state index in [2.05, 4.69) is 5.32 Å². The Labute approximate surface area is 75.9 Å². The third kappa shape index (κ3) is 1.45. The van der Waals surface area contributed by atoms with Crippen molar-refractivity contribution in [2.24, 2.45) is 5.92 Å². The number of hydrogen-bond donors (Lipinski definition) is 2. The SMILES string of the molecule is O=C(O)C1CC2CCSCC2N1. The minimum Gasteiger partial charge on any atom is -0.480 e. The number of carboxylic acid groups (broad SMARTS) is 1. The molecule has 2 rings (SSSR count). The van der Waals surface area contributed by atoms with Gasteiger partial charge in [0.05, 0.1) is 0 Å². The lowest BCUT2D eigenvalue weighted by Crippen LogP contribution is -2.38. The molecule has 2 aliphatic rings. The Kier molecular flexibility index (Phi) is 2.28. The molecule has 0 amide bonds. The highest BCUT2D eigenvalue weighted by atomic mass is 32.2. The fraction of sp³-hybridized carbons (Fsp3) is 0.875. The van der Waals surface area contributed by atoms with Crippen LogP contribution in [0.5, 0.6) is 0 Å². The molecule has 2 N–H and O–H groups in total. The molecular weight excluding hydrogens is 174 g/mol. The number of hydrogen-bond acceptors (Lipinski definition) is 3. The molecule has 0 aromatic rings. The van der Waals surface area contributed by atoms with Gasteiger partial charge in [-0.2, -0.15) is 11.8 Å². The standard InChI is InChI=1S/C8H13NO2S/c10-8(11)6-3-5-1-2-12-4-7(5)9-6/h5-7,9H,1-4H2,(H,10,11). The first-order valence-electron chi connectivity index (χ1n) is 4.34. The molecule has 12 heavy (non-hydrogen) atoms. The number of carboxylic acids is 1. The number of carbonyl (C=O) groups is 1. The van der Waals surface area contributed by atoms with Gasteiger partial charge in [0, 0.05) is 11.8 Å². The van der Waals surface area contributed by atoms with Crippen LogP contribution in [0.4, 0.5) is 0 Å². The van der Waals surface area contributed by atoms with Gasteiger partial charge in [-0.05, 0) is 24.5 Å². The highest BCUT2D eigenvalue weighted by molar-refractivity contribution is 7.99. The average molecular weight is 187 g/mol. The predicted molar refractivity (Wildman–Crippen MR) is 48.4 cm³/mol. The zero-order valence-electron chi connectivity index (χ0n) is 6.82. The van der Waals surface area contributed by atoms with Crippen LogP contribution in [0.3, 0.4) is 0 Å². The summed E-state index contributed by atoms with van der Waals surface area (Å²) in [6.07, 6.45) is 2.02. The van der Waals surface area contributed by atoms with Gasteiger partial charge >= 0.3 is 5.97 Å². The largest absolute Gasteiger partial charge is 0.480 e. The van der Waals surface area contributed by atoms with Crippen molar-refractivity contribution < 1.29 is 9.90 Å². The second-order valence-electron chi connectivity index (χ2n) is 3.52. The minimum absolute atomic E-state index is 0.279. The van der Waals surface area contributed by atoms with Crippen LogP contribution < -0.4 is 5.32 Å². The van der Waals surface area contributed by atoms with Crippen molar-refractivity contribution in [1.29, 1.82) is 0 Å². The molecule has 0 bridgehead atoms.